The molecule has 8 atom stereocenters. The lowest BCUT2D eigenvalue weighted by molar-refractivity contribution is -0.0634. The molecule has 4 saturated carbocycles. The SMILES string of the molecule is CC.CC1CCC2C(CCC3C2CCC2(C)C(C(=O)c4ccc(-c5ccccc5)cc4)CCC32)C1. The van der Waals surface area contributed by atoms with Gasteiger partial charge < -0.3 is 0 Å². The number of carbonyl (C=O) groups excluding carboxylic acids is 1. The van der Waals surface area contributed by atoms with Gasteiger partial charge in [-0.1, -0.05) is 88.7 Å². The molecule has 4 aliphatic rings. The van der Waals surface area contributed by atoms with E-state index in [-0.39, 0.29) is 11.3 Å². The summed E-state index contributed by atoms with van der Waals surface area (Å²) in [6.45, 7) is 8.97. The number of carbonyl (C=O) groups is 1. The van der Waals surface area contributed by atoms with Crippen molar-refractivity contribution in [1.82, 2.24) is 0 Å². The van der Waals surface area contributed by atoms with Crippen LogP contribution in [0.15, 0.2) is 54.6 Å². The molecule has 1 nitrogen and oxygen atoms in total. The molecule has 0 saturated heterocycles. The van der Waals surface area contributed by atoms with Crippen LogP contribution in [0.25, 0.3) is 11.1 Å². The molecule has 0 N–H and O–H groups in total. The van der Waals surface area contributed by atoms with E-state index in [0.29, 0.717) is 5.78 Å². The van der Waals surface area contributed by atoms with E-state index in [1.165, 1.54) is 62.5 Å². The molecule has 4 fully saturated rings. The fourth-order valence-electron chi connectivity index (χ4n) is 9.18. The number of hydrogen-bond acceptors (Lipinski definition) is 1. The van der Waals surface area contributed by atoms with Gasteiger partial charge in [0.15, 0.2) is 5.78 Å². The van der Waals surface area contributed by atoms with Gasteiger partial charge in [-0.15, -0.1) is 0 Å². The zero-order valence-corrected chi connectivity index (χ0v) is 22.5. The first kappa shape index (κ1) is 24.8. The van der Waals surface area contributed by atoms with Gasteiger partial charge in [0.2, 0.25) is 0 Å². The van der Waals surface area contributed by atoms with Crippen LogP contribution < -0.4 is 0 Å². The first-order valence-corrected chi connectivity index (χ1v) is 14.7. The molecule has 0 heterocycles. The summed E-state index contributed by atoms with van der Waals surface area (Å²) in [5, 5.41) is 0. The minimum absolute atomic E-state index is 0.213. The Morgan fingerprint density at radius 2 is 1.43 bits per heavy atom. The second-order valence-corrected chi connectivity index (χ2v) is 12.3. The molecule has 2 aromatic carbocycles. The molecule has 188 valence electrons. The molecular formula is C34H46O. The summed E-state index contributed by atoms with van der Waals surface area (Å²) >= 11 is 0. The molecule has 4 aliphatic carbocycles. The number of fused-ring (bicyclic) bond motifs is 5. The van der Waals surface area contributed by atoms with Gasteiger partial charge in [0.05, 0.1) is 0 Å². The predicted molar refractivity (Wildman–Crippen MR) is 147 cm³/mol. The second-order valence-electron chi connectivity index (χ2n) is 12.3. The number of ketones is 1. The Hall–Kier alpha value is -1.89. The van der Waals surface area contributed by atoms with E-state index in [1.807, 2.05) is 13.8 Å². The summed E-state index contributed by atoms with van der Waals surface area (Å²) < 4.78 is 0. The smallest absolute Gasteiger partial charge is 0.166 e. The number of Topliss-reactive ketones (excluding diaryl/α,β-unsaturated/α-hetero) is 1. The van der Waals surface area contributed by atoms with Gasteiger partial charge in [-0.2, -0.15) is 0 Å². The first-order chi connectivity index (χ1) is 17.0. The molecule has 1 heteroatoms. The van der Waals surface area contributed by atoms with E-state index in [9.17, 15) is 4.79 Å². The number of rotatable bonds is 3. The zero-order valence-electron chi connectivity index (χ0n) is 22.5. The van der Waals surface area contributed by atoms with Crippen molar-refractivity contribution >= 4 is 5.78 Å². The lowest BCUT2D eigenvalue weighted by atomic mass is 9.49. The third-order valence-electron chi connectivity index (χ3n) is 10.8. The normalized spacial score (nSPS) is 37.8. The average molecular weight is 471 g/mol. The minimum atomic E-state index is 0.213. The van der Waals surface area contributed by atoms with Gasteiger partial charge >= 0.3 is 0 Å². The Kier molecular flexibility index (Phi) is 7.25. The van der Waals surface area contributed by atoms with Gasteiger partial charge in [0.1, 0.15) is 0 Å². The number of hydrogen-bond donors (Lipinski definition) is 0. The van der Waals surface area contributed by atoms with Crippen molar-refractivity contribution in [3.8, 4) is 11.1 Å². The summed E-state index contributed by atoms with van der Waals surface area (Å²) in [5.74, 6) is 6.18. The molecule has 0 spiro atoms. The second kappa shape index (κ2) is 10.2. The van der Waals surface area contributed by atoms with Gasteiger partial charge in [0.25, 0.3) is 0 Å². The van der Waals surface area contributed by atoms with Gasteiger partial charge in [-0.05, 0) is 103 Å². The largest absolute Gasteiger partial charge is 0.294 e. The monoisotopic (exact) mass is 470 g/mol. The van der Waals surface area contributed by atoms with E-state index in [4.69, 9.17) is 0 Å². The maximum Gasteiger partial charge on any atom is 0.166 e. The quantitative estimate of drug-likeness (QED) is 0.408. The van der Waals surface area contributed by atoms with Crippen LogP contribution in [-0.4, -0.2) is 5.78 Å². The summed E-state index contributed by atoms with van der Waals surface area (Å²) in [6.07, 6.45) is 12.3. The van der Waals surface area contributed by atoms with Crippen molar-refractivity contribution in [3.63, 3.8) is 0 Å². The highest BCUT2D eigenvalue weighted by Gasteiger charge is 2.58. The van der Waals surface area contributed by atoms with Crippen molar-refractivity contribution in [3.05, 3.63) is 60.2 Å². The highest BCUT2D eigenvalue weighted by atomic mass is 16.1. The minimum Gasteiger partial charge on any atom is -0.294 e. The highest BCUT2D eigenvalue weighted by molar-refractivity contribution is 5.99. The third-order valence-corrected chi connectivity index (χ3v) is 10.8. The fourth-order valence-corrected chi connectivity index (χ4v) is 9.18. The van der Waals surface area contributed by atoms with E-state index in [2.05, 4.69) is 68.4 Å². The Bertz CT molecular complexity index is 991. The van der Waals surface area contributed by atoms with E-state index in [1.54, 1.807) is 0 Å². The lowest BCUT2D eigenvalue weighted by Gasteiger charge is -2.56. The fraction of sp³-hybridized carbons (Fsp3) is 0.618. The average Bonchev–Trinajstić information content (AvgIpc) is 3.27. The summed E-state index contributed by atoms with van der Waals surface area (Å²) in [7, 11) is 0. The van der Waals surface area contributed by atoms with Crippen molar-refractivity contribution in [2.75, 3.05) is 0 Å². The van der Waals surface area contributed by atoms with Crippen LogP contribution in [-0.2, 0) is 0 Å². The van der Waals surface area contributed by atoms with Crippen molar-refractivity contribution < 1.29 is 4.79 Å². The lowest BCUT2D eigenvalue weighted by Crippen LogP contribution is -2.49. The van der Waals surface area contributed by atoms with E-state index < -0.39 is 0 Å². The molecule has 0 bridgehead atoms. The Labute approximate surface area is 214 Å². The summed E-state index contributed by atoms with van der Waals surface area (Å²) in [4.78, 5) is 13.8. The van der Waals surface area contributed by atoms with Gasteiger partial charge in [0, 0.05) is 11.5 Å². The summed E-state index contributed by atoms with van der Waals surface area (Å²) in [6, 6.07) is 18.9. The van der Waals surface area contributed by atoms with Crippen LogP contribution in [0.5, 0.6) is 0 Å². The van der Waals surface area contributed by atoms with E-state index in [0.717, 1.165) is 47.5 Å². The molecule has 35 heavy (non-hydrogen) atoms. The van der Waals surface area contributed by atoms with Crippen LogP contribution in [0, 0.1) is 46.8 Å². The molecule has 0 radical (unpaired) electrons. The topological polar surface area (TPSA) is 17.1 Å². The van der Waals surface area contributed by atoms with Gasteiger partial charge in [-0.25, -0.2) is 0 Å². The third kappa shape index (κ3) is 4.42. The number of benzene rings is 2. The Morgan fingerprint density at radius 1 is 0.743 bits per heavy atom. The van der Waals surface area contributed by atoms with E-state index >= 15 is 0 Å². The van der Waals surface area contributed by atoms with Crippen molar-refractivity contribution in [1.29, 1.82) is 0 Å². The van der Waals surface area contributed by atoms with Crippen LogP contribution in [0.3, 0.4) is 0 Å². The zero-order chi connectivity index (χ0) is 24.6. The standard InChI is InChI=1S/C32H40O.C2H6/c1-21-8-14-26-25(20-21)13-15-28-27(26)18-19-32(2)29(28)16-17-30(32)31(33)24-11-9-23(10-12-24)22-6-4-3-5-7-22;1-2/h3-7,9-12,21,25-30H,8,13-20H2,1-2H3;1-2H3. The predicted octanol–water partition coefficient (Wildman–Crippen LogP) is 9.47. The molecular weight excluding hydrogens is 424 g/mol. The molecule has 0 amide bonds. The Balaban J connectivity index is 0.00000124. The molecule has 0 aliphatic heterocycles. The molecule has 6 rings (SSSR count). The summed E-state index contributed by atoms with van der Waals surface area (Å²) in [5.41, 5.74) is 3.55. The van der Waals surface area contributed by atoms with Crippen molar-refractivity contribution in [2.24, 2.45) is 46.8 Å². The van der Waals surface area contributed by atoms with Crippen LogP contribution >= 0.6 is 0 Å². The van der Waals surface area contributed by atoms with Crippen molar-refractivity contribution in [2.45, 2.75) is 85.5 Å². The highest BCUT2D eigenvalue weighted by Crippen LogP contribution is 2.64. The van der Waals surface area contributed by atoms with Crippen LogP contribution in [0.2, 0.25) is 0 Å². The van der Waals surface area contributed by atoms with Crippen LogP contribution in [0.4, 0.5) is 0 Å². The maximum absolute atomic E-state index is 13.8. The molecule has 2 aromatic rings. The maximum atomic E-state index is 13.8. The first-order valence-electron chi connectivity index (χ1n) is 14.7. The molecule has 8 unspecified atom stereocenters. The van der Waals surface area contributed by atoms with Gasteiger partial charge in [-0.3, -0.25) is 4.79 Å². The Morgan fingerprint density at radius 3 is 2.17 bits per heavy atom. The molecule has 0 aromatic heterocycles. The van der Waals surface area contributed by atoms with Crippen LogP contribution in [0.1, 0.15) is 95.8 Å².